The highest BCUT2D eigenvalue weighted by Gasteiger charge is 2.18. The molecule has 0 saturated heterocycles. The Bertz CT molecular complexity index is 424. The quantitative estimate of drug-likeness (QED) is 0.797. The minimum Gasteiger partial charge on any atom is -0.497 e. The van der Waals surface area contributed by atoms with Crippen molar-refractivity contribution in [3.05, 3.63) is 35.4 Å². The van der Waals surface area contributed by atoms with Gasteiger partial charge in [-0.15, -0.1) is 0 Å². The number of hydrogen-bond donors (Lipinski definition) is 1. The van der Waals surface area contributed by atoms with E-state index in [-0.39, 0.29) is 11.9 Å². The number of methoxy groups -OCH3 is 1. The molecular formula is C12H13NO2. The fourth-order valence-electron chi connectivity index (χ4n) is 1.75. The highest BCUT2D eigenvalue weighted by atomic mass is 16.5. The highest BCUT2D eigenvalue weighted by Crippen LogP contribution is 2.30. The number of benzene rings is 1. The first-order valence-electron chi connectivity index (χ1n) is 4.84. The van der Waals surface area contributed by atoms with Gasteiger partial charge >= 0.3 is 0 Å². The zero-order valence-corrected chi connectivity index (χ0v) is 8.78. The third kappa shape index (κ3) is 1.86. The highest BCUT2D eigenvalue weighted by molar-refractivity contribution is 5.75. The van der Waals surface area contributed by atoms with Crippen molar-refractivity contribution in [2.24, 2.45) is 0 Å². The molecule has 3 nitrogen and oxygen atoms in total. The number of fused-ring (bicyclic) bond motifs is 1. The number of nitrogens with one attached hydrogen (secondary N) is 1. The summed E-state index contributed by atoms with van der Waals surface area (Å²) in [6, 6.07) is 5.84. The Morgan fingerprint density at radius 3 is 2.93 bits per heavy atom. The van der Waals surface area contributed by atoms with E-state index in [9.17, 15) is 4.79 Å². The summed E-state index contributed by atoms with van der Waals surface area (Å²) in [7, 11) is 1.64. The van der Waals surface area contributed by atoms with Crippen molar-refractivity contribution >= 4 is 12.0 Å². The predicted molar refractivity (Wildman–Crippen MR) is 58.6 cm³/mol. The first kappa shape index (κ1) is 9.77. The summed E-state index contributed by atoms with van der Waals surface area (Å²) in [5.41, 5.74) is 2.22. The molecule has 1 atom stereocenters. The number of ether oxygens (including phenoxy) is 1. The average Bonchev–Trinajstić information content (AvgIpc) is 2.60. The Morgan fingerprint density at radius 1 is 1.47 bits per heavy atom. The molecule has 1 aliphatic rings. The van der Waals surface area contributed by atoms with Gasteiger partial charge in [0.1, 0.15) is 5.75 Å². The molecule has 0 bridgehead atoms. The van der Waals surface area contributed by atoms with Crippen LogP contribution in [0.4, 0.5) is 0 Å². The summed E-state index contributed by atoms with van der Waals surface area (Å²) in [6.07, 6.45) is 3.99. The molecule has 0 aliphatic heterocycles. The molecule has 0 radical (unpaired) electrons. The maximum atomic E-state index is 11.0. The van der Waals surface area contributed by atoms with E-state index < -0.39 is 0 Å². The van der Waals surface area contributed by atoms with E-state index in [1.54, 1.807) is 7.11 Å². The van der Waals surface area contributed by atoms with Gasteiger partial charge in [0.05, 0.1) is 13.2 Å². The molecule has 0 aromatic heterocycles. The van der Waals surface area contributed by atoms with Crippen LogP contribution in [0.15, 0.2) is 24.3 Å². The summed E-state index contributed by atoms with van der Waals surface area (Å²) in [5.74, 6) is 0.785. The standard InChI is InChI=1S/C12H13NO2/c1-8(14)13-12-6-4-9-3-5-10(15-2)7-11(9)12/h3-7,12H,1-2H3,(H,13,14). The van der Waals surface area contributed by atoms with Crippen LogP contribution in [0.25, 0.3) is 6.08 Å². The van der Waals surface area contributed by atoms with Gasteiger partial charge in [0.2, 0.25) is 5.91 Å². The van der Waals surface area contributed by atoms with Gasteiger partial charge in [-0.3, -0.25) is 4.79 Å². The molecule has 1 aromatic carbocycles. The first-order valence-corrected chi connectivity index (χ1v) is 4.84. The Balaban J connectivity index is 2.31. The lowest BCUT2D eigenvalue weighted by molar-refractivity contribution is -0.119. The largest absolute Gasteiger partial charge is 0.497 e. The molecule has 15 heavy (non-hydrogen) atoms. The molecule has 78 valence electrons. The molecule has 0 heterocycles. The lowest BCUT2D eigenvalue weighted by Gasteiger charge is -2.12. The maximum Gasteiger partial charge on any atom is 0.217 e. The van der Waals surface area contributed by atoms with Gasteiger partial charge in [0.25, 0.3) is 0 Å². The fraction of sp³-hybridized carbons (Fsp3) is 0.250. The van der Waals surface area contributed by atoms with Gasteiger partial charge in [-0.2, -0.15) is 0 Å². The van der Waals surface area contributed by atoms with Crippen molar-refractivity contribution in [2.75, 3.05) is 7.11 Å². The van der Waals surface area contributed by atoms with Crippen molar-refractivity contribution in [3.63, 3.8) is 0 Å². The molecule has 0 saturated carbocycles. The van der Waals surface area contributed by atoms with Crippen LogP contribution in [0.2, 0.25) is 0 Å². The zero-order chi connectivity index (χ0) is 10.8. The minimum atomic E-state index is -0.0275. The molecule has 1 amide bonds. The Kier molecular flexibility index (Phi) is 2.46. The van der Waals surface area contributed by atoms with E-state index in [1.165, 1.54) is 6.92 Å². The second-order valence-electron chi connectivity index (χ2n) is 3.53. The van der Waals surface area contributed by atoms with Crippen LogP contribution in [-0.2, 0) is 4.79 Å². The lowest BCUT2D eigenvalue weighted by atomic mass is 10.1. The Labute approximate surface area is 88.8 Å². The van der Waals surface area contributed by atoms with Gasteiger partial charge in [0, 0.05) is 6.92 Å². The monoisotopic (exact) mass is 203 g/mol. The summed E-state index contributed by atoms with van der Waals surface area (Å²) in [5, 5.41) is 2.87. The summed E-state index contributed by atoms with van der Waals surface area (Å²) >= 11 is 0. The molecule has 2 rings (SSSR count). The lowest BCUT2D eigenvalue weighted by Crippen LogP contribution is -2.23. The van der Waals surface area contributed by atoms with E-state index in [0.717, 1.165) is 16.9 Å². The summed E-state index contributed by atoms with van der Waals surface area (Å²) in [6.45, 7) is 1.52. The van der Waals surface area contributed by atoms with Gasteiger partial charge in [-0.25, -0.2) is 0 Å². The molecule has 1 unspecified atom stereocenters. The molecule has 3 heteroatoms. The van der Waals surface area contributed by atoms with Gasteiger partial charge in [0.15, 0.2) is 0 Å². The Morgan fingerprint density at radius 2 is 2.27 bits per heavy atom. The van der Waals surface area contributed by atoms with Crippen molar-refractivity contribution in [1.29, 1.82) is 0 Å². The van der Waals surface area contributed by atoms with Crippen molar-refractivity contribution in [2.45, 2.75) is 13.0 Å². The normalized spacial score (nSPS) is 17.3. The second-order valence-corrected chi connectivity index (χ2v) is 3.53. The van der Waals surface area contributed by atoms with Crippen LogP contribution in [-0.4, -0.2) is 13.0 Å². The van der Waals surface area contributed by atoms with Gasteiger partial charge in [-0.05, 0) is 23.3 Å². The second kappa shape index (κ2) is 3.77. The molecule has 1 aromatic rings. The number of amides is 1. The van der Waals surface area contributed by atoms with E-state index in [1.807, 2.05) is 30.4 Å². The average molecular weight is 203 g/mol. The summed E-state index contributed by atoms with van der Waals surface area (Å²) < 4.78 is 5.15. The van der Waals surface area contributed by atoms with Crippen LogP contribution in [0, 0.1) is 0 Å². The zero-order valence-electron chi connectivity index (χ0n) is 8.78. The van der Waals surface area contributed by atoms with Crippen molar-refractivity contribution < 1.29 is 9.53 Å². The molecule has 0 fully saturated rings. The number of hydrogen-bond acceptors (Lipinski definition) is 2. The van der Waals surface area contributed by atoms with Crippen molar-refractivity contribution in [3.8, 4) is 5.75 Å². The topological polar surface area (TPSA) is 38.3 Å². The molecular weight excluding hydrogens is 190 g/mol. The van der Waals surface area contributed by atoms with Crippen molar-refractivity contribution in [1.82, 2.24) is 5.32 Å². The van der Waals surface area contributed by atoms with Gasteiger partial charge in [-0.1, -0.05) is 18.2 Å². The molecule has 0 spiro atoms. The molecule has 1 aliphatic carbocycles. The van der Waals surface area contributed by atoms with E-state index in [2.05, 4.69) is 5.32 Å². The third-order valence-electron chi connectivity index (χ3n) is 2.46. The third-order valence-corrected chi connectivity index (χ3v) is 2.46. The van der Waals surface area contributed by atoms with E-state index >= 15 is 0 Å². The van der Waals surface area contributed by atoms with Crippen LogP contribution in [0.1, 0.15) is 24.1 Å². The van der Waals surface area contributed by atoms with Crippen LogP contribution in [0.3, 0.4) is 0 Å². The van der Waals surface area contributed by atoms with Gasteiger partial charge < -0.3 is 10.1 Å². The van der Waals surface area contributed by atoms with E-state index in [4.69, 9.17) is 4.74 Å². The smallest absolute Gasteiger partial charge is 0.217 e. The minimum absolute atomic E-state index is 0.0207. The summed E-state index contributed by atoms with van der Waals surface area (Å²) in [4.78, 5) is 11.0. The number of carbonyl (C=O) groups excluding carboxylic acids is 1. The number of carbonyl (C=O) groups is 1. The van der Waals surface area contributed by atoms with E-state index in [0.29, 0.717) is 0 Å². The first-order chi connectivity index (χ1) is 7.20. The number of rotatable bonds is 2. The predicted octanol–water partition coefficient (Wildman–Crippen LogP) is 1.90. The molecule has 1 N–H and O–H groups in total. The van der Waals surface area contributed by atoms with Crippen LogP contribution >= 0.6 is 0 Å². The van der Waals surface area contributed by atoms with Crippen LogP contribution in [0.5, 0.6) is 5.75 Å². The fourth-order valence-corrected chi connectivity index (χ4v) is 1.75. The maximum absolute atomic E-state index is 11.0. The SMILES string of the molecule is COc1ccc2c(c1)C(NC(C)=O)C=C2. The Hall–Kier alpha value is -1.77. The van der Waals surface area contributed by atoms with Crippen LogP contribution < -0.4 is 10.1 Å².